The monoisotopic (exact) mass is 331 g/mol. The Hall–Kier alpha value is -1.84. The molecule has 2 atom stereocenters. The van der Waals surface area contributed by atoms with Gasteiger partial charge in [-0.05, 0) is 54.2 Å². The number of hydrogen-bond acceptors (Lipinski definition) is 3. The second-order valence-corrected chi connectivity index (χ2v) is 8.13. The summed E-state index contributed by atoms with van der Waals surface area (Å²) in [7, 11) is 1.36. The molecule has 2 N–H and O–H groups in total. The van der Waals surface area contributed by atoms with Crippen molar-refractivity contribution in [3.63, 3.8) is 0 Å². The Kier molecular flexibility index (Phi) is 5.07. The number of esters is 1. The maximum absolute atomic E-state index is 12.7. The van der Waals surface area contributed by atoms with Crippen molar-refractivity contribution in [3.8, 4) is 0 Å². The predicted molar refractivity (Wildman–Crippen MR) is 94.6 cm³/mol. The van der Waals surface area contributed by atoms with Gasteiger partial charge in [0.05, 0.1) is 18.1 Å². The summed E-state index contributed by atoms with van der Waals surface area (Å²) in [4.78, 5) is 24.4. The molecule has 0 aliphatic heterocycles. The summed E-state index contributed by atoms with van der Waals surface area (Å²) in [5.74, 6) is -0.0836. The number of ether oxygens (including phenoxy) is 1. The third-order valence-corrected chi connectivity index (χ3v) is 5.59. The highest BCUT2D eigenvalue weighted by Crippen LogP contribution is 2.53. The molecule has 1 aliphatic rings. The zero-order valence-electron chi connectivity index (χ0n) is 15.4. The number of primary amides is 1. The van der Waals surface area contributed by atoms with Crippen LogP contribution in [0.25, 0.3) is 0 Å². The van der Waals surface area contributed by atoms with Crippen LogP contribution in [0, 0.1) is 17.3 Å². The van der Waals surface area contributed by atoms with E-state index >= 15 is 0 Å². The average Bonchev–Trinajstić information content (AvgIpc) is 2.52. The van der Waals surface area contributed by atoms with Gasteiger partial charge in [-0.25, -0.2) is 4.79 Å². The number of carbonyl (C=O) groups excluding carboxylic acids is 2. The van der Waals surface area contributed by atoms with Crippen LogP contribution in [0.4, 0.5) is 0 Å². The normalized spacial score (nSPS) is 26.2. The molecule has 0 heterocycles. The van der Waals surface area contributed by atoms with Gasteiger partial charge in [0.2, 0.25) is 5.91 Å². The topological polar surface area (TPSA) is 69.4 Å². The molecular formula is C20H29NO3. The first kappa shape index (κ1) is 18.5. The van der Waals surface area contributed by atoms with Crippen LogP contribution < -0.4 is 5.73 Å². The molecule has 0 saturated heterocycles. The van der Waals surface area contributed by atoms with Crippen molar-refractivity contribution in [2.24, 2.45) is 23.0 Å². The van der Waals surface area contributed by atoms with Gasteiger partial charge in [0.25, 0.3) is 0 Å². The number of nitrogens with two attached hydrogens (primary N) is 1. The summed E-state index contributed by atoms with van der Waals surface area (Å²) in [5, 5.41) is 0. The Balaban J connectivity index is 2.55. The number of rotatable bonds is 4. The summed E-state index contributed by atoms with van der Waals surface area (Å²) >= 11 is 0. The second-order valence-electron chi connectivity index (χ2n) is 8.13. The fourth-order valence-electron chi connectivity index (χ4n) is 4.42. The minimum absolute atomic E-state index is 0.0570. The van der Waals surface area contributed by atoms with E-state index in [-0.39, 0.29) is 23.2 Å². The van der Waals surface area contributed by atoms with Crippen molar-refractivity contribution in [2.45, 2.75) is 52.4 Å². The summed E-state index contributed by atoms with van der Waals surface area (Å²) < 4.78 is 4.76. The molecule has 1 aromatic rings. The van der Waals surface area contributed by atoms with Crippen LogP contribution in [0.2, 0.25) is 0 Å². The molecule has 0 radical (unpaired) electrons. The van der Waals surface area contributed by atoms with E-state index in [4.69, 9.17) is 10.5 Å². The number of methoxy groups -OCH3 is 1. The van der Waals surface area contributed by atoms with E-state index in [1.54, 1.807) is 12.1 Å². The van der Waals surface area contributed by atoms with Gasteiger partial charge in [-0.15, -0.1) is 0 Å². The van der Waals surface area contributed by atoms with Crippen LogP contribution in [0.15, 0.2) is 24.3 Å². The molecule has 4 heteroatoms. The number of carbonyl (C=O) groups is 2. The lowest BCUT2D eigenvalue weighted by molar-refractivity contribution is -0.130. The first-order valence-corrected chi connectivity index (χ1v) is 8.63. The molecule has 0 spiro atoms. The number of amides is 1. The van der Waals surface area contributed by atoms with E-state index in [1.807, 2.05) is 12.1 Å². The van der Waals surface area contributed by atoms with E-state index in [2.05, 4.69) is 27.7 Å². The summed E-state index contributed by atoms with van der Waals surface area (Å²) in [6.45, 7) is 8.71. The van der Waals surface area contributed by atoms with Crippen LogP contribution in [0.3, 0.4) is 0 Å². The van der Waals surface area contributed by atoms with Gasteiger partial charge in [0, 0.05) is 0 Å². The van der Waals surface area contributed by atoms with Gasteiger partial charge >= 0.3 is 5.97 Å². The molecular weight excluding hydrogens is 302 g/mol. The fourth-order valence-corrected chi connectivity index (χ4v) is 4.42. The molecule has 1 amide bonds. The van der Waals surface area contributed by atoms with Crippen LogP contribution >= 0.6 is 0 Å². The van der Waals surface area contributed by atoms with Gasteiger partial charge in [-0.3, -0.25) is 4.79 Å². The largest absolute Gasteiger partial charge is 0.465 e. The molecule has 0 aromatic heterocycles. The van der Waals surface area contributed by atoms with Crippen molar-refractivity contribution >= 4 is 11.9 Å². The van der Waals surface area contributed by atoms with Crippen LogP contribution in [0.1, 0.15) is 62.9 Å². The van der Waals surface area contributed by atoms with Crippen molar-refractivity contribution in [1.29, 1.82) is 0 Å². The molecule has 1 aromatic carbocycles. The smallest absolute Gasteiger partial charge is 0.337 e. The Morgan fingerprint density at radius 2 is 1.79 bits per heavy atom. The highest BCUT2D eigenvalue weighted by atomic mass is 16.5. The van der Waals surface area contributed by atoms with Crippen molar-refractivity contribution < 1.29 is 14.3 Å². The highest BCUT2D eigenvalue weighted by Gasteiger charge is 2.52. The molecule has 1 saturated carbocycles. The van der Waals surface area contributed by atoms with E-state index in [0.717, 1.165) is 24.8 Å². The Labute approximate surface area is 144 Å². The third kappa shape index (κ3) is 3.19. The minimum atomic E-state index is -0.690. The molecule has 0 bridgehead atoms. The molecule has 4 nitrogen and oxygen atoms in total. The van der Waals surface area contributed by atoms with Crippen LogP contribution in [0.5, 0.6) is 0 Å². The van der Waals surface area contributed by atoms with Crippen LogP contribution in [-0.2, 0) is 14.9 Å². The van der Waals surface area contributed by atoms with E-state index in [9.17, 15) is 9.59 Å². The zero-order chi connectivity index (χ0) is 18.1. The van der Waals surface area contributed by atoms with E-state index in [0.29, 0.717) is 11.5 Å². The van der Waals surface area contributed by atoms with Gasteiger partial charge in [0.1, 0.15) is 0 Å². The minimum Gasteiger partial charge on any atom is -0.465 e. The molecule has 2 unspecified atom stereocenters. The third-order valence-electron chi connectivity index (χ3n) is 5.59. The van der Waals surface area contributed by atoms with E-state index < -0.39 is 5.41 Å². The zero-order valence-corrected chi connectivity index (χ0v) is 15.4. The molecule has 1 fully saturated rings. The molecule has 132 valence electrons. The SMILES string of the molecule is COC(=O)c1ccc(C2(C(N)=O)CC(C)(C)CCC2C(C)C)cc1. The van der Waals surface area contributed by atoms with Crippen LogP contribution in [-0.4, -0.2) is 19.0 Å². The Morgan fingerprint density at radius 3 is 2.25 bits per heavy atom. The fraction of sp³-hybridized carbons (Fsp3) is 0.600. The lowest BCUT2D eigenvalue weighted by Crippen LogP contribution is -2.54. The lowest BCUT2D eigenvalue weighted by atomic mass is 9.53. The predicted octanol–water partition coefficient (Wildman–Crippen LogP) is 3.68. The van der Waals surface area contributed by atoms with Gasteiger partial charge < -0.3 is 10.5 Å². The van der Waals surface area contributed by atoms with Gasteiger partial charge in [-0.1, -0.05) is 39.8 Å². The van der Waals surface area contributed by atoms with Gasteiger partial charge in [-0.2, -0.15) is 0 Å². The first-order chi connectivity index (χ1) is 11.1. The number of benzene rings is 1. The second kappa shape index (κ2) is 6.58. The maximum atomic E-state index is 12.7. The first-order valence-electron chi connectivity index (χ1n) is 8.63. The lowest BCUT2D eigenvalue weighted by Gasteiger charge is -2.50. The molecule has 1 aliphatic carbocycles. The van der Waals surface area contributed by atoms with Crippen molar-refractivity contribution in [3.05, 3.63) is 35.4 Å². The van der Waals surface area contributed by atoms with E-state index in [1.165, 1.54) is 7.11 Å². The molecule has 24 heavy (non-hydrogen) atoms. The highest BCUT2D eigenvalue weighted by molar-refractivity contribution is 5.90. The Bertz CT molecular complexity index is 618. The summed E-state index contributed by atoms with van der Waals surface area (Å²) in [6, 6.07) is 7.19. The van der Waals surface area contributed by atoms with Gasteiger partial charge in [0.15, 0.2) is 0 Å². The quantitative estimate of drug-likeness (QED) is 0.856. The average molecular weight is 331 g/mol. The summed E-state index contributed by atoms with van der Waals surface area (Å²) in [6.07, 6.45) is 2.80. The maximum Gasteiger partial charge on any atom is 0.337 e. The van der Waals surface area contributed by atoms with Crippen molar-refractivity contribution in [1.82, 2.24) is 0 Å². The molecule has 2 rings (SSSR count). The Morgan fingerprint density at radius 1 is 1.21 bits per heavy atom. The number of hydrogen-bond donors (Lipinski definition) is 1. The summed E-state index contributed by atoms with van der Waals surface area (Å²) in [5.41, 5.74) is 6.74. The standard InChI is InChI=1S/C20H29NO3/c1-13(2)16-10-11-19(3,4)12-20(16,18(21)23)15-8-6-14(7-9-15)17(22)24-5/h6-9,13,16H,10-12H2,1-5H3,(H2,21,23). The van der Waals surface area contributed by atoms with Crippen molar-refractivity contribution in [2.75, 3.05) is 7.11 Å².